The van der Waals surface area contributed by atoms with Gasteiger partial charge in [-0.1, -0.05) is 29.8 Å². The SMILES string of the molecule is COc1cc(C)c(Br)cc1S(=O)(=O)NCC(C)C. The van der Waals surface area contributed by atoms with Gasteiger partial charge in [-0.3, -0.25) is 0 Å². The summed E-state index contributed by atoms with van der Waals surface area (Å²) in [5, 5.41) is 0. The second-order valence-corrected chi connectivity index (χ2v) is 7.09. The van der Waals surface area contributed by atoms with Crippen LogP contribution in [0.3, 0.4) is 0 Å². The lowest BCUT2D eigenvalue weighted by molar-refractivity contribution is 0.401. The monoisotopic (exact) mass is 335 g/mol. The number of nitrogens with one attached hydrogen (secondary N) is 1. The van der Waals surface area contributed by atoms with E-state index in [1.165, 1.54) is 7.11 Å². The molecular weight excluding hydrogens is 318 g/mol. The number of rotatable bonds is 5. The highest BCUT2D eigenvalue weighted by Crippen LogP contribution is 2.30. The van der Waals surface area contributed by atoms with Crippen molar-refractivity contribution in [1.82, 2.24) is 4.72 Å². The predicted octanol–water partition coefficient (Wildman–Crippen LogP) is 2.70. The zero-order chi connectivity index (χ0) is 13.9. The molecule has 1 aromatic carbocycles. The van der Waals surface area contributed by atoms with E-state index in [4.69, 9.17) is 4.74 Å². The summed E-state index contributed by atoms with van der Waals surface area (Å²) in [4.78, 5) is 0.156. The number of hydrogen-bond donors (Lipinski definition) is 1. The van der Waals surface area contributed by atoms with Crippen LogP contribution in [0.15, 0.2) is 21.5 Å². The van der Waals surface area contributed by atoms with Crippen molar-refractivity contribution in [1.29, 1.82) is 0 Å². The quantitative estimate of drug-likeness (QED) is 0.899. The van der Waals surface area contributed by atoms with Gasteiger partial charge in [-0.15, -0.1) is 0 Å². The van der Waals surface area contributed by atoms with E-state index in [9.17, 15) is 8.42 Å². The lowest BCUT2D eigenvalue weighted by Gasteiger charge is -2.13. The minimum absolute atomic E-state index is 0.156. The molecule has 102 valence electrons. The third-order valence-electron chi connectivity index (χ3n) is 2.42. The lowest BCUT2D eigenvalue weighted by atomic mass is 10.2. The highest BCUT2D eigenvalue weighted by Gasteiger charge is 2.20. The number of sulfonamides is 1. The first-order chi connectivity index (χ1) is 8.27. The van der Waals surface area contributed by atoms with Gasteiger partial charge in [-0.05, 0) is 30.5 Å². The third kappa shape index (κ3) is 3.70. The van der Waals surface area contributed by atoms with Gasteiger partial charge in [0.1, 0.15) is 10.6 Å². The third-order valence-corrected chi connectivity index (χ3v) is 4.72. The first-order valence-corrected chi connectivity index (χ1v) is 7.89. The zero-order valence-corrected chi connectivity index (χ0v) is 13.4. The zero-order valence-electron chi connectivity index (χ0n) is 11.0. The molecule has 0 aliphatic rings. The van der Waals surface area contributed by atoms with Gasteiger partial charge in [-0.25, -0.2) is 13.1 Å². The molecule has 0 radical (unpaired) electrons. The van der Waals surface area contributed by atoms with Gasteiger partial charge < -0.3 is 4.74 Å². The van der Waals surface area contributed by atoms with Crippen LogP contribution in [0.4, 0.5) is 0 Å². The van der Waals surface area contributed by atoms with Gasteiger partial charge in [0.25, 0.3) is 0 Å². The molecule has 1 N–H and O–H groups in total. The van der Waals surface area contributed by atoms with E-state index in [-0.39, 0.29) is 10.8 Å². The minimum atomic E-state index is -3.54. The molecule has 0 spiro atoms. The lowest BCUT2D eigenvalue weighted by Crippen LogP contribution is -2.28. The van der Waals surface area contributed by atoms with E-state index in [1.807, 2.05) is 20.8 Å². The molecule has 0 heterocycles. The maximum Gasteiger partial charge on any atom is 0.244 e. The van der Waals surface area contributed by atoms with E-state index < -0.39 is 10.0 Å². The predicted molar refractivity (Wildman–Crippen MR) is 75.5 cm³/mol. The van der Waals surface area contributed by atoms with Gasteiger partial charge in [0.15, 0.2) is 0 Å². The highest BCUT2D eigenvalue weighted by molar-refractivity contribution is 9.10. The Bertz CT molecular complexity index is 526. The number of aryl methyl sites for hydroxylation is 1. The van der Waals surface area contributed by atoms with Crippen LogP contribution < -0.4 is 9.46 Å². The molecule has 0 amide bonds. The molecule has 1 rings (SSSR count). The maximum absolute atomic E-state index is 12.2. The van der Waals surface area contributed by atoms with Crippen LogP contribution in [0.1, 0.15) is 19.4 Å². The molecule has 0 saturated heterocycles. The number of halogens is 1. The molecule has 0 fully saturated rings. The first kappa shape index (κ1) is 15.5. The van der Waals surface area contributed by atoms with Crippen LogP contribution in [0.25, 0.3) is 0 Å². The molecule has 1 aromatic rings. The van der Waals surface area contributed by atoms with Crippen molar-refractivity contribution in [3.63, 3.8) is 0 Å². The Morgan fingerprint density at radius 1 is 1.39 bits per heavy atom. The molecule has 0 aliphatic carbocycles. The Hall–Kier alpha value is -0.590. The van der Waals surface area contributed by atoms with Crippen molar-refractivity contribution in [2.24, 2.45) is 5.92 Å². The van der Waals surface area contributed by atoms with Crippen molar-refractivity contribution in [3.05, 3.63) is 22.2 Å². The standard InChI is InChI=1S/C12H18BrNO3S/c1-8(2)7-14-18(15,16)12-6-10(13)9(3)5-11(12)17-4/h5-6,8,14H,7H2,1-4H3. The van der Waals surface area contributed by atoms with Crippen molar-refractivity contribution in [2.45, 2.75) is 25.7 Å². The van der Waals surface area contributed by atoms with E-state index in [1.54, 1.807) is 12.1 Å². The molecule has 4 nitrogen and oxygen atoms in total. The molecule has 0 aliphatic heterocycles. The van der Waals surface area contributed by atoms with Crippen molar-refractivity contribution in [3.8, 4) is 5.75 Å². The van der Waals surface area contributed by atoms with E-state index in [2.05, 4.69) is 20.7 Å². The molecule has 0 bridgehead atoms. The molecule has 0 aromatic heterocycles. The van der Waals surface area contributed by atoms with Crippen molar-refractivity contribution < 1.29 is 13.2 Å². The van der Waals surface area contributed by atoms with Gasteiger partial charge in [0, 0.05) is 11.0 Å². The van der Waals surface area contributed by atoms with Gasteiger partial charge in [0.05, 0.1) is 7.11 Å². The summed E-state index contributed by atoms with van der Waals surface area (Å²) < 4.78 is 32.8. The Kier molecular flexibility index (Phi) is 5.19. The van der Waals surface area contributed by atoms with Crippen LogP contribution in [0.5, 0.6) is 5.75 Å². The van der Waals surface area contributed by atoms with Gasteiger partial charge >= 0.3 is 0 Å². The summed E-state index contributed by atoms with van der Waals surface area (Å²) in [5.74, 6) is 0.603. The number of methoxy groups -OCH3 is 1. The molecular formula is C12H18BrNO3S. The fourth-order valence-corrected chi connectivity index (χ4v) is 3.24. The fourth-order valence-electron chi connectivity index (χ4n) is 1.36. The second-order valence-electron chi connectivity index (χ2n) is 4.50. The topological polar surface area (TPSA) is 55.4 Å². The summed E-state index contributed by atoms with van der Waals surface area (Å²) in [5.41, 5.74) is 0.926. The van der Waals surface area contributed by atoms with Crippen molar-refractivity contribution in [2.75, 3.05) is 13.7 Å². The summed E-state index contributed by atoms with van der Waals surface area (Å²) in [6.45, 7) is 6.18. The average molecular weight is 336 g/mol. The largest absolute Gasteiger partial charge is 0.495 e. The summed E-state index contributed by atoms with van der Waals surface area (Å²) in [7, 11) is -2.08. The Morgan fingerprint density at radius 3 is 2.50 bits per heavy atom. The van der Waals surface area contributed by atoms with Crippen LogP contribution in [-0.4, -0.2) is 22.1 Å². The van der Waals surface area contributed by atoms with Crippen LogP contribution in [-0.2, 0) is 10.0 Å². The Balaban J connectivity index is 3.19. The van der Waals surface area contributed by atoms with Gasteiger partial charge in [0.2, 0.25) is 10.0 Å². The number of hydrogen-bond acceptors (Lipinski definition) is 3. The Labute approximate surface area is 117 Å². The van der Waals surface area contributed by atoms with E-state index >= 15 is 0 Å². The second kappa shape index (κ2) is 6.04. The molecule has 0 unspecified atom stereocenters. The normalized spacial score (nSPS) is 11.9. The number of ether oxygens (including phenoxy) is 1. The van der Waals surface area contributed by atoms with Crippen LogP contribution >= 0.6 is 15.9 Å². The average Bonchev–Trinajstić information content (AvgIpc) is 2.29. The molecule has 6 heteroatoms. The van der Waals surface area contributed by atoms with Gasteiger partial charge in [-0.2, -0.15) is 0 Å². The van der Waals surface area contributed by atoms with Crippen LogP contribution in [0, 0.1) is 12.8 Å². The van der Waals surface area contributed by atoms with Crippen LogP contribution in [0.2, 0.25) is 0 Å². The summed E-state index contributed by atoms with van der Waals surface area (Å²) in [6, 6.07) is 3.27. The van der Waals surface area contributed by atoms with Crippen molar-refractivity contribution >= 4 is 26.0 Å². The smallest absolute Gasteiger partial charge is 0.244 e. The fraction of sp³-hybridized carbons (Fsp3) is 0.500. The molecule has 0 atom stereocenters. The molecule has 0 saturated carbocycles. The van der Waals surface area contributed by atoms with E-state index in [0.717, 1.165) is 10.0 Å². The van der Waals surface area contributed by atoms with E-state index in [0.29, 0.717) is 12.3 Å². The summed E-state index contributed by atoms with van der Waals surface area (Å²) in [6.07, 6.45) is 0. The Morgan fingerprint density at radius 2 is 2.00 bits per heavy atom. The molecule has 18 heavy (non-hydrogen) atoms. The summed E-state index contributed by atoms with van der Waals surface area (Å²) >= 11 is 3.33. The first-order valence-electron chi connectivity index (χ1n) is 5.61. The number of benzene rings is 1. The highest BCUT2D eigenvalue weighted by atomic mass is 79.9. The maximum atomic E-state index is 12.2. The minimum Gasteiger partial charge on any atom is -0.495 e.